The van der Waals surface area contributed by atoms with Crippen molar-refractivity contribution >= 4 is 11.6 Å². The van der Waals surface area contributed by atoms with Crippen LogP contribution in [0.3, 0.4) is 0 Å². The third kappa shape index (κ3) is 1.52. The standard InChI is InChI=1S/C8H9ClFNO/c1-12-7-3-2-6(9)8(10)5(7)4-11/h2-3H,4,11H2,1H3. The van der Waals surface area contributed by atoms with Gasteiger partial charge in [0.15, 0.2) is 0 Å². The SMILES string of the molecule is COc1ccc(Cl)c(F)c1CN. The van der Waals surface area contributed by atoms with E-state index in [9.17, 15) is 4.39 Å². The molecule has 1 rings (SSSR count). The first-order chi connectivity index (χ1) is 5.70. The van der Waals surface area contributed by atoms with Crippen molar-refractivity contribution in [3.8, 4) is 5.75 Å². The van der Waals surface area contributed by atoms with Gasteiger partial charge in [-0.05, 0) is 12.1 Å². The Morgan fingerprint density at radius 1 is 1.58 bits per heavy atom. The van der Waals surface area contributed by atoms with Crippen LogP contribution in [0, 0.1) is 5.82 Å². The Bertz CT molecular complexity index is 291. The van der Waals surface area contributed by atoms with Crippen molar-refractivity contribution in [2.45, 2.75) is 6.54 Å². The number of nitrogens with two attached hydrogens (primary N) is 1. The molecule has 0 unspecified atom stereocenters. The Morgan fingerprint density at radius 3 is 2.75 bits per heavy atom. The maximum Gasteiger partial charge on any atom is 0.149 e. The zero-order valence-electron chi connectivity index (χ0n) is 6.60. The Labute approximate surface area is 75.1 Å². The van der Waals surface area contributed by atoms with Crippen LogP contribution in [-0.2, 0) is 6.54 Å². The van der Waals surface area contributed by atoms with Crippen LogP contribution in [0.2, 0.25) is 5.02 Å². The van der Waals surface area contributed by atoms with Gasteiger partial charge in [-0.1, -0.05) is 11.6 Å². The summed E-state index contributed by atoms with van der Waals surface area (Å²) >= 11 is 5.54. The summed E-state index contributed by atoms with van der Waals surface area (Å²) in [6.07, 6.45) is 0. The van der Waals surface area contributed by atoms with E-state index in [-0.39, 0.29) is 11.6 Å². The van der Waals surface area contributed by atoms with Gasteiger partial charge >= 0.3 is 0 Å². The molecule has 0 aliphatic rings. The van der Waals surface area contributed by atoms with Gasteiger partial charge in [0.05, 0.1) is 12.1 Å². The number of methoxy groups -OCH3 is 1. The molecule has 2 N–H and O–H groups in total. The molecule has 0 fully saturated rings. The van der Waals surface area contributed by atoms with E-state index in [1.807, 2.05) is 0 Å². The molecule has 0 saturated carbocycles. The number of rotatable bonds is 2. The third-order valence-corrected chi connectivity index (χ3v) is 1.87. The van der Waals surface area contributed by atoms with Crippen molar-refractivity contribution in [2.24, 2.45) is 5.73 Å². The first kappa shape index (κ1) is 9.29. The van der Waals surface area contributed by atoms with Gasteiger partial charge in [-0.15, -0.1) is 0 Å². The van der Waals surface area contributed by atoms with Crippen LogP contribution in [0.25, 0.3) is 0 Å². The Hall–Kier alpha value is -0.800. The topological polar surface area (TPSA) is 35.2 Å². The van der Waals surface area contributed by atoms with Crippen LogP contribution in [0.15, 0.2) is 12.1 Å². The van der Waals surface area contributed by atoms with Gasteiger partial charge in [-0.25, -0.2) is 4.39 Å². The lowest BCUT2D eigenvalue weighted by molar-refractivity contribution is 0.404. The molecule has 0 bridgehead atoms. The lowest BCUT2D eigenvalue weighted by atomic mass is 10.2. The number of ether oxygens (including phenoxy) is 1. The minimum Gasteiger partial charge on any atom is -0.496 e. The van der Waals surface area contributed by atoms with Crippen LogP contribution >= 0.6 is 11.6 Å². The number of benzene rings is 1. The molecule has 66 valence electrons. The fourth-order valence-corrected chi connectivity index (χ4v) is 1.13. The number of hydrogen-bond donors (Lipinski definition) is 1. The van der Waals surface area contributed by atoms with E-state index in [2.05, 4.69) is 0 Å². The highest BCUT2D eigenvalue weighted by Gasteiger charge is 2.10. The molecule has 1 aromatic carbocycles. The number of hydrogen-bond acceptors (Lipinski definition) is 2. The maximum atomic E-state index is 13.2. The monoisotopic (exact) mass is 189 g/mol. The second-order valence-corrected chi connectivity index (χ2v) is 2.65. The summed E-state index contributed by atoms with van der Waals surface area (Å²) in [7, 11) is 1.46. The molecule has 0 saturated heterocycles. The molecule has 0 aromatic heterocycles. The largest absolute Gasteiger partial charge is 0.496 e. The van der Waals surface area contributed by atoms with Crippen LogP contribution in [0.4, 0.5) is 4.39 Å². The molecular formula is C8H9ClFNO. The predicted octanol–water partition coefficient (Wildman–Crippen LogP) is 1.95. The van der Waals surface area contributed by atoms with Gasteiger partial charge in [-0.2, -0.15) is 0 Å². The quantitative estimate of drug-likeness (QED) is 0.772. The second-order valence-electron chi connectivity index (χ2n) is 2.25. The molecule has 0 spiro atoms. The first-order valence-electron chi connectivity index (χ1n) is 3.41. The molecule has 0 aliphatic carbocycles. The molecule has 0 radical (unpaired) electrons. The fraction of sp³-hybridized carbons (Fsp3) is 0.250. The highest BCUT2D eigenvalue weighted by molar-refractivity contribution is 6.30. The molecule has 0 heterocycles. The van der Waals surface area contributed by atoms with Crippen LogP contribution in [0.5, 0.6) is 5.75 Å². The minimum absolute atomic E-state index is 0.0660. The van der Waals surface area contributed by atoms with Crippen molar-refractivity contribution in [2.75, 3.05) is 7.11 Å². The van der Waals surface area contributed by atoms with Crippen molar-refractivity contribution in [3.63, 3.8) is 0 Å². The average molecular weight is 190 g/mol. The minimum atomic E-state index is -0.501. The Balaban J connectivity index is 3.25. The normalized spacial score (nSPS) is 10.0. The van der Waals surface area contributed by atoms with E-state index in [1.165, 1.54) is 13.2 Å². The van der Waals surface area contributed by atoms with E-state index in [0.717, 1.165) is 0 Å². The molecule has 1 aromatic rings. The third-order valence-electron chi connectivity index (χ3n) is 1.58. The smallest absolute Gasteiger partial charge is 0.149 e. The van der Waals surface area contributed by atoms with Crippen LogP contribution in [0.1, 0.15) is 5.56 Å². The van der Waals surface area contributed by atoms with E-state index in [4.69, 9.17) is 22.1 Å². The second kappa shape index (κ2) is 3.74. The van der Waals surface area contributed by atoms with Gasteiger partial charge in [0.25, 0.3) is 0 Å². The molecule has 0 aliphatic heterocycles. The lowest BCUT2D eigenvalue weighted by Gasteiger charge is -2.07. The van der Waals surface area contributed by atoms with Gasteiger partial charge in [-0.3, -0.25) is 0 Å². The van der Waals surface area contributed by atoms with Crippen LogP contribution in [-0.4, -0.2) is 7.11 Å². The van der Waals surface area contributed by atoms with Crippen LogP contribution < -0.4 is 10.5 Å². The first-order valence-corrected chi connectivity index (χ1v) is 3.79. The van der Waals surface area contributed by atoms with Gasteiger partial charge in [0, 0.05) is 12.1 Å². The molecule has 4 heteroatoms. The molecule has 12 heavy (non-hydrogen) atoms. The Morgan fingerprint density at radius 2 is 2.25 bits per heavy atom. The highest BCUT2D eigenvalue weighted by atomic mass is 35.5. The van der Waals surface area contributed by atoms with Crippen molar-refractivity contribution in [1.29, 1.82) is 0 Å². The van der Waals surface area contributed by atoms with E-state index >= 15 is 0 Å². The molecule has 0 atom stereocenters. The lowest BCUT2D eigenvalue weighted by Crippen LogP contribution is -2.03. The summed E-state index contributed by atoms with van der Waals surface area (Å²) in [6.45, 7) is 0.0789. The van der Waals surface area contributed by atoms with Gasteiger partial charge < -0.3 is 10.5 Å². The summed E-state index contributed by atoms with van der Waals surface area (Å²) in [5.74, 6) is -0.0714. The average Bonchev–Trinajstić information content (AvgIpc) is 2.09. The highest BCUT2D eigenvalue weighted by Crippen LogP contribution is 2.26. The fourth-order valence-electron chi connectivity index (χ4n) is 0.956. The molecular weight excluding hydrogens is 181 g/mol. The van der Waals surface area contributed by atoms with E-state index in [0.29, 0.717) is 11.3 Å². The molecule has 2 nitrogen and oxygen atoms in total. The maximum absolute atomic E-state index is 13.2. The van der Waals surface area contributed by atoms with E-state index < -0.39 is 5.82 Å². The summed E-state index contributed by atoms with van der Waals surface area (Å²) < 4.78 is 18.1. The van der Waals surface area contributed by atoms with E-state index in [1.54, 1.807) is 6.07 Å². The number of halogens is 2. The summed E-state index contributed by atoms with van der Waals surface area (Å²) in [5.41, 5.74) is 5.63. The van der Waals surface area contributed by atoms with Crippen molar-refractivity contribution < 1.29 is 9.13 Å². The van der Waals surface area contributed by atoms with Gasteiger partial charge in [0.1, 0.15) is 11.6 Å². The summed E-state index contributed by atoms with van der Waals surface area (Å²) in [6, 6.07) is 3.03. The zero-order chi connectivity index (χ0) is 9.14. The molecule has 0 amide bonds. The van der Waals surface area contributed by atoms with Gasteiger partial charge in [0.2, 0.25) is 0 Å². The zero-order valence-corrected chi connectivity index (χ0v) is 7.36. The Kier molecular flexibility index (Phi) is 2.89. The predicted molar refractivity (Wildman–Crippen MR) is 45.9 cm³/mol. The summed E-state index contributed by atoms with van der Waals surface area (Å²) in [5, 5.41) is 0.0660. The van der Waals surface area contributed by atoms with Crippen molar-refractivity contribution in [1.82, 2.24) is 0 Å². The van der Waals surface area contributed by atoms with Crippen molar-refractivity contribution in [3.05, 3.63) is 28.5 Å². The summed E-state index contributed by atoms with van der Waals surface area (Å²) in [4.78, 5) is 0.